The molecule has 0 saturated carbocycles. The highest BCUT2D eigenvalue weighted by atomic mass is 32.2. The van der Waals surface area contributed by atoms with Crippen LogP contribution in [0, 0.1) is 0 Å². The van der Waals surface area contributed by atoms with Crippen molar-refractivity contribution in [2.75, 3.05) is 20.2 Å². The maximum absolute atomic E-state index is 12.3. The minimum Gasteiger partial charge on any atom is -0.460 e. The molecule has 0 aliphatic rings. The lowest BCUT2D eigenvalue weighted by Gasteiger charge is -2.14. The lowest BCUT2D eigenvalue weighted by Crippen LogP contribution is -2.28. The zero-order valence-corrected chi connectivity index (χ0v) is 19.1. The van der Waals surface area contributed by atoms with Crippen molar-refractivity contribution in [1.82, 2.24) is 4.90 Å². The van der Waals surface area contributed by atoms with Crippen molar-refractivity contribution in [3.05, 3.63) is 59.7 Å². The molecule has 0 heterocycles. The van der Waals surface area contributed by atoms with Gasteiger partial charge in [0, 0.05) is 36.2 Å². The van der Waals surface area contributed by atoms with E-state index < -0.39 is 11.9 Å². The van der Waals surface area contributed by atoms with Crippen LogP contribution in [0.25, 0.3) is 0 Å². The van der Waals surface area contributed by atoms with Crippen LogP contribution in [-0.2, 0) is 19.2 Å². The number of esters is 1. The van der Waals surface area contributed by atoms with Gasteiger partial charge in [-0.25, -0.2) is 9.59 Å². The number of rotatable bonds is 9. The number of Topliss-reactive ketones (excluding diaryl/α,β-unsaturated/α-hetero) is 1. The van der Waals surface area contributed by atoms with E-state index in [4.69, 9.17) is 4.74 Å². The average Bonchev–Trinajstić information content (AvgIpc) is 2.77. The van der Waals surface area contributed by atoms with Gasteiger partial charge in [-0.15, -0.1) is 0 Å². The topological polar surface area (TPSA) is 102 Å². The van der Waals surface area contributed by atoms with Crippen LogP contribution in [0.3, 0.4) is 0 Å². The summed E-state index contributed by atoms with van der Waals surface area (Å²) in [5.74, 6) is -1.47. The first-order chi connectivity index (χ1) is 15.2. The molecule has 0 aromatic heterocycles. The van der Waals surface area contributed by atoms with Gasteiger partial charge in [-0.3, -0.25) is 9.59 Å². The minimum absolute atomic E-state index is 0.0796. The van der Waals surface area contributed by atoms with Crippen LogP contribution in [0.15, 0.2) is 63.5 Å². The predicted molar refractivity (Wildman–Crippen MR) is 120 cm³/mol. The van der Waals surface area contributed by atoms with Gasteiger partial charge in [0.25, 0.3) is 0 Å². The summed E-state index contributed by atoms with van der Waals surface area (Å²) in [6.45, 7) is 4.59. The van der Waals surface area contributed by atoms with Gasteiger partial charge in [-0.1, -0.05) is 16.9 Å². The standard InChI is InChI=1S/C23H24N2O6S/c1-15(24-31-17(3)27)22(28)18-5-9-20(10-6-18)32-21-11-7-19(8-12-21)23(29)30-14-13-25(4)16(2)26/h5-12H,13-14H2,1-4H3/b24-15+. The molecular formula is C23H24N2O6S. The molecule has 0 aliphatic heterocycles. The van der Waals surface area contributed by atoms with Crippen LogP contribution < -0.4 is 0 Å². The molecule has 2 aromatic rings. The summed E-state index contributed by atoms with van der Waals surface area (Å²) in [6.07, 6.45) is 0. The SMILES string of the molecule is CC(=O)O/N=C(\C)C(=O)c1ccc(Sc2ccc(C(=O)OCCN(C)C(C)=O)cc2)cc1. The van der Waals surface area contributed by atoms with Crippen molar-refractivity contribution in [1.29, 1.82) is 0 Å². The molecule has 2 rings (SSSR count). The van der Waals surface area contributed by atoms with Crippen LogP contribution in [0.1, 0.15) is 41.5 Å². The average molecular weight is 457 g/mol. The van der Waals surface area contributed by atoms with E-state index in [2.05, 4.69) is 9.99 Å². The van der Waals surface area contributed by atoms with Crippen LogP contribution in [-0.4, -0.2) is 54.4 Å². The molecule has 1 amide bonds. The molecule has 0 spiro atoms. The van der Waals surface area contributed by atoms with E-state index >= 15 is 0 Å². The molecule has 0 bridgehead atoms. The highest BCUT2D eigenvalue weighted by Gasteiger charge is 2.12. The number of carbonyl (C=O) groups is 4. The zero-order valence-electron chi connectivity index (χ0n) is 18.3. The molecule has 8 nitrogen and oxygen atoms in total. The Kier molecular flexibility index (Phi) is 9.15. The number of oxime groups is 1. The molecule has 0 radical (unpaired) electrons. The number of ketones is 1. The van der Waals surface area contributed by atoms with Crippen LogP contribution in [0.4, 0.5) is 0 Å². The number of hydrogen-bond donors (Lipinski definition) is 0. The van der Waals surface area contributed by atoms with E-state index in [-0.39, 0.29) is 24.0 Å². The highest BCUT2D eigenvalue weighted by Crippen LogP contribution is 2.28. The predicted octanol–water partition coefficient (Wildman–Crippen LogP) is 3.59. The van der Waals surface area contributed by atoms with Crippen molar-refractivity contribution in [3.8, 4) is 0 Å². The van der Waals surface area contributed by atoms with Gasteiger partial charge in [0.15, 0.2) is 0 Å². The fourth-order valence-corrected chi connectivity index (χ4v) is 3.19. The Bertz CT molecular complexity index is 1020. The second kappa shape index (κ2) is 11.8. The number of benzene rings is 2. The van der Waals surface area contributed by atoms with Crippen molar-refractivity contribution in [2.45, 2.75) is 30.6 Å². The lowest BCUT2D eigenvalue weighted by atomic mass is 10.1. The summed E-state index contributed by atoms with van der Waals surface area (Å²) in [4.78, 5) is 54.1. The van der Waals surface area contributed by atoms with Crippen molar-refractivity contribution in [2.24, 2.45) is 5.16 Å². The summed E-state index contributed by atoms with van der Waals surface area (Å²) in [7, 11) is 1.64. The number of amides is 1. The Labute approximate surface area is 190 Å². The number of ether oxygens (including phenoxy) is 1. The van der Waals surface area contributed by atoms with Crippen molar-refractivity contribution < 1.29 is 28.8 Å². The second-order valence-corrected chi connectivity index (χ2v) is 7.96. The summed E-state index contributed by atoms with van der Waals surface area (Å²) in [5.41, 5.74) is 0.926. The number of likely N-dealkylation sites (N-methyl/N-ethyl adjacent to an activating group) is 1. The van der Waals surface area contributed by atoms with E-state index in [1.54, 1.807) is 55.6 Å². The minimum atomic E-state index is -0.594. The third kappa shape index (κ3) is 7.66. The van der Waals surface area contributed by atoms with Crippen molar-refractivity contribution >= 4 is 41.1 Å². The van der Waals surface area contributed by atoms with Gasteiger partial charge in [0.2, 0.25) is 11.7 Å². The summed E-state index contributed by atoms with van der Waals surface area (Å²) < 4.78 is 5.18. The number of carbonyl (C=O) groups excluding carboxylic acids is 4. The van der Waals surface area contributed by atoms with Gasteiger partial charge in [0.1, 0.15) is 12.3 Å². The van der Waals surface area contributed by atoms with Gasteiger partial charge in [-0.05, 0) is 55.5 Å². The Morgan fingerprint density at radius 2 is 1.41 bits per heavy atom. The summed E-state index contributed by atoms with van der Waals surface area (Å²) in [5, 5.41) is 3.50. The van der Waals surface area contributed by atoms with E-state index in [9.17, 15) is 19.2 Å². The third-order valence-electron chi connectivity index (χ3n) is 4.28. The molecule has 32 heavy (non-hydrogen) atoms. The molecule has 0 saturated heterocycles. The molecular weight excluding hydrogens is 432 g/mol. The van der Waals surface area contributed by atoms with Gasteiger partial charge in [-0.2, -0.15) is 0 Å². The fraction of sp³-hybridized carbons (Fsp3) is 0.261. The van der Waals surface area contributed by atoms with E-state index in [0.29, 0.717) is 17.7 Å². The third-order valence-corrected chi connectivity index (χ3v) is 5.30. The summed E-state index contributed by atoms with van der Waals surface area (Å²) in [6, 6.07) is 13.9. The number of hydrogen-bond acceptors (Lipinski definition) is 8. The first-order valence-corrected chi connectivity index (χ1v) is 10.5. The van der Waals surface area contributed by atoms with E-state index in [0.717, 1.165) is 9.79 Å². The second-order valence-electron chi connectivity index (χ2n) is 6.82. The van der Waals surface area contributed by atoms with Crippen LogP contribution in [0.2, 0.25) is 0 Å². The molecule has 0 aliphatic carbocycles. The molecule has 0 unspecified atom stereocenters. The fourth-order valence-electron chi connectivity index (χ4n) is 2.37. The van der Waals surface area contributed by atoms with Crippen molar-refractivity contribution in [3.63, 3.8) is 0 Å². The molecule has 168 valence electrons. The van der Waals surface area contributed by atoms with E-state index in [1.165, 1.54) is 37.4 Å². The normalized spacial score (nSPS) is 10.9. The summed E-state index contributed by atoms with van der Waals surface area (Å²) >= 11 is 1.47. The maximum atomic E-state index is 12.3. The molecule has 0 N–H and O–H groups in total. The van der Waals surface area contributed by atoms with Crippen LogP contribution in [0.5, 0.6) is 0 Å². The van der Waals surface area contributed by atoms with Gasteiger partial charge >= 0.3 is 11.9 Å². The zero-order chi connectivity index (χ0) is 23.7. The first kappa shape index (κ1) is 24.8. The quantitative estimate of drug-likeness (QED) is 0.187. The van der Waals surface area contributed by atoms with Crippen LogP contribution >= 0.6 is 11.8 Å². The number of nitrogens with zero attached hydrogens (tertiary/aromatic N) is 2. The van der Waals surface area contributed by atoms with E-state index in [1.807, 2.05) is 0 Å². The molecule has 0 fully saturated rings. The maximum Gasteiger partial charge on any atom is 0.338 e. The Balaban J connectivity index is 1.92. The van der Waals surface area contributed by atoms with Gasteiger partial charge in [0.05, 0.1) is 12.1 Å². The smallest absolute Gasteiger partial charge is 0.338 e. The molecule has 0 atom stereocenters. The Hall–Kier alpha value is -3.46. The largest absolute Gasteiger partial charge is 0.460 e. The monoisotopic (exact) mass is 456 g/mol. The van der Waals surface area contributed by atoms with Gasteiger partial charge < -0.3 is 14.5 Å². The molecule has 2 aromatic carbocycles. The molecule has 9 heteroatoms. The lowest BCUT2D eigenvalue weighted by molar-refractivity contribution is -0.140. The Morgan fingerprint density at radius 1 is 0.875 bits per heavy atom. The first-order valence-electron chi connectivity index (χ1n) is 9.71. The Morgan fingerprint density at radius 3 is 1.91 bits per heavy atom. The highest BCUT2D eigenvalue weighted by molar-refractivity contribution is 7.99.